The number of aliphatic hydroxyl groups is 1. The molecule has 182 valence electrons. The van der Waals surface area contributed by atoms with E-state index in [-0.39, 0.29) is 17.9 Å². The fraction of sp³-hybridized carbons (Fsp3) is 0.429. The number of nitrogens with zero attached hydrogens (tertiary/aromatic N) is 1. The Morgan fingerprint density at radius 3 is 2.71 bits per heavy atom. The lowest BCUT2D eigenvalue weighted by Gasteiger charge is -2.22. The first-order valence-electron chi connectivity index (χ1n) is 12.1. The molecule has 2 atom stereocenters. The van der Waals surface area contributed by atoms with Gasteiger partial charge in [-0.05, 0) is 48.6 Å². The molecule has 0 spiro atoms. The minimum absolute atomic E-state index is 0.0156. The fourth-order valence-corrected chi connectivity index (χ4v) is 4.15. The number of methoxy groups -OCH3 is 1. The molecule has 1 saturated heterocycles. The summed E-state index contributed by atoms with van der Waals surface area (Å²) in [5.41, 5.74) is 1.78. The van der Waals surface area contributed by atoms with E-state index in [1.54, 1.807) is 6.08 Å². The average molecular weight is 466 g/mol. The molecule has 2 aromatic carbocycles. The van der Waals surface area contributed by atoms with Crippen molar-refractivity contribution in [3.63, 3.8) is 0 Å². The Morgan fingerprint density at radius 2 is 1.91 bits per heavy atom. The molecular weight excluding hydrogens is 430 g/mol. The van der Waals surface area contributed by atoms with Crippen molar-refractivity contribution in [2.75, 3.05) is 13.7 Å². The number of hydrogen-bond donors (Lipinski definition) is 1. The Labute approximate surface area is 202 Å². The van der Waals surface area contributed by atoms with Crippen LogP contribution in [-0.2, 0) is 20.9 Å². The quantitative estimate of drug-likeness (QED) is 0.257. The van der Waals surface area contributed by atoms with Gasteiger partial charge in [0, 0.05) is 19.4 Å². The molecule has 1 aliphatic heterocycles. The van der Waals surface area contributed by atoms with Crippen molar-refractivity contribution in [1.29, 1.82) is 0 Å². The molecule has 1 N–H and O–H groups in total. The van der Waals surface area contributed by atoms with E-state index in [0.29, 0.717) is 26.0 Å². The van der Waals surface area contributed by atoms with Crippen molar-refractivity contribution in [2.45, 2.75) is 63.7 Å². The molecule has 0 aromatic heterocycles. The van der Waals surface area contributed by atoms with E-state index in [2.05, 4.69) is 4.74 Å². The van der Waals surface area contributed by atoms with E-state index in [0.717, 1.165) is 49.0 Å². The standard InChI is InChI=1S/C28H35NO5/c1-33-28(32)14-7-2-3-8-19-29-24(16-18-27(29)31)15-17-26(30)23-11-9-10-22(20-23)21-34-25-12-5-4-6-13-25/h4-6,9-13,15,17,20,24,26,30H,2-3,7-8,14,16,18-19,21H2,1H3. The van der Waals surface area contributed by atoms with Gasteiger partial charge >= 0.3 is 5.97 Å². The maximum absolute atomic E-state index is 12.3. The first-order valence-corrected chi connectivity index (χ1v) is 12.1. The van der Waals surface area contributed by atoms with Gasteiger partial charge in [0.1, 0.15) is 12.4 Å². The lowest BCUT2D eigenvalue weighted by Crippen LogP contribution is -2.32. The molecule has 2 unspecified atom stereocenters. The Bertz CT molecular complexity index is 943. The number of benzene rings is 2. The highest BCUT2D eigenvalue weighted by Gasteiger charge is 2.28. The number of para-hydroxylation sites is 1. The lowest BCUT2D eigenvalue weighted by atomic mass is 10.0. The van der Waals surface area contributed by atoms with Crippen LogP contribution in [0.3, 0.4) is 0 Å². The summed E-state index contributed by atoms with van der Waals surface area (Å²) < 4.78 is 10.5. The summed E-state index contributed by atoms with van der Waals surface area (Å²) in [5, 5.41) is 10.7. The van der Waals surface area contributed by atoms with Gasteiger partial charge in [-0.2, -0.15) is 0 Å². The topological polar surface area (TPSA) is 76.1 Å². The summed E-state index contributed by atoms with van der Waals surface area (Å²) in [7, 11) is 1.41. The van der Waals surface area contributed by atoms with Gasteiger partial charge in [0.15, 0.2) is 0 Å². The molecule has 6 nitrogen and oxygen atoms in total. The second-order valence-corrected chi connectivity index (χ2v) is 8.61. The average Bonchev–Trinajstić information content (AvgIpc) is 3.23. The molecule has 1 heterocycles. The Kier molecular flexibility index (Phi) is 10.2. The molecule has 0 bridgehead atoms. The maximum atomic E-state index is 12.3. The van der Waals surface area contributed by atoms with E-state index in [4.69, 9.17) is 4.74 Å². The zero-order chi connectivity index (χ0) is 24.2. The van der Waals surface area contributed by atoms with E-state index in [9.17, 15) is 14.7 Å². The van der Waals surface area contributed by atoms with Crippen LogP contribution >= 0.6 is 0 Å². The molecule has 1 fully saturated rings. The van der Waals surface area contributed by atoms with Crippen molar-refractivity contribution in [3.05, 3.63) is 77.9 Å². The number of hydrogen-bond acceptors (Lipinski definition) is 5. The van der Waals surface area contributed by atoms with Gasteiger partial charge in [0.25, 0.3) is 0 Å². The van der Waals surface area contributed by atoms with Gasteiger partial charge in [-0.3, -0.25) is 9.59 Å². The molecule has 0 saturated carbocycles. The Morgan fingerprint density at radius 1 is 1.12 bits per heavy atom. The molecule has 1 aliphatic rings. The number of unbranched alkanes of at least 4 members (excludes halogenated alkanes) is 3. The summed E-state index contributed by atoms with van der Waals surface area (Å²) in [6, 6.07) is 17.4. The van der Waals surface area contributed by atoms with Crippen LogP contribution in [0.15, 0.2) is 66.7 Å². The summed E-state index contributed by atoms with van der Waals surface area (Å²) in [4.78, 5) is 25.4. The fourth-order valence-electron chi connectivity index (χ4n) is 4.15. The second kappa shape index (κ2) is 13.6. The maximum Gasteiger partial charge on any atom is 0.305 e. The van der Waals surface area contributed by atoms with Crippen LogP contribution < -0.4 is 4.74 Å². The van der Waals surface area contributed by atoms with Gasteiger partial charge < -0.3 is 19.5 Å². The summed E-state index contributed by atoms with van der Waals surface area (Å²) in [5.74, 6) is 0.800. The van der Waals surface area contributed by atoms with Crippen LogP contribution in [0.2, 0.25) is 0 Å². The molecule has 0 radical (unpaired) electrons. The third kappa shape index (κ3) is 8.03. The SMILES string of the molecule is COC(=O)CCCCCCN1C(=O)CCC1C=CC(O)c1cccc(COc2ccccc2)c1. The van der Waals surface area contributed by atoms with Crippen LogP contribution in [0.25, 0.3) is 0 Å². The first kappa shape index (κ1) is 25.5. The van der Waals surface area contributed by atoms with Crippen molar-refractivity contribution in [1.82, 2.24) is 4.90 Å². The highest BCUT2D eigenvalue weighted by molar-refractivity contribution is 5.79. The van der Waals surface area contributed by atoms with Crippen LogP contribution in [0.5, 0.6) is 5.75 Å². The molecule has 6 heteroatoms. The van der Waals surface area contributed by atoms with Gasteiger partial charge in [-0.25, -0.2) is 0 Å². The number of amides is 1. The molecule has 3 rings (SSSR count). The third-order valence-corrected chi connectivity index (χ3v) is 6.09. The van der Waals surface area contributed by atoms with Gasteiger partial charge in [0.05, 0.1) is 19.3 Å². The van der Waals surface area contributed by atoms with Crippen molar-refractivity contribution < 1.29 is 24.2 Å². The molecular formula is C28H35NO5. The number of carbonyl (C=O) groups excluding carboxylic acids is 2. The van der Waals surface area contributed by atoms with Crippen LogP contribution in [0, 0.1) is 0 Å². The Balaban J connectivity index is 1.47. The summed E-state index contributed by atoms with van der Waals surface area (Å²) in [6.45, 7) is 1.13. The molecule has 0 aliphatic carbocycles. The zero-order valence-corrected chi connectivity index (χ0v) is 19.9. The predicted octanol–water partition coefficient (Wildman–Crippen LogP) is 4.97. The third-order valence-electron chi connectivity index (χ3n) is 6.09. The van der Waals surface area contributed by atoms with Crippen molar-refractivity contribution in [2.24, 2.45) is 0 Å². The number of esters is 1. The first-order chi connectivity index (χ1) is 16.6. The van der Waals surface area contributed by atoms with Crippen molar-refractivity contribution >= 4 is 11.9 Å². The van der Waals surface area contributed by atoms with E-state index >= 15 is 0 Å². The van der Waals surface area contributed by atoms with Gasteiger partial charge in [-0.15, -0.1) is 0 Å². The normalized spacial score (nSPS) is 16.7. The van der Waals surface area contributed by atoms with Crippen LogP contribution in [0.4, 0.5) is 0 Å². The second-order valence-electron chi connectivity index (χ2n) is 8.61. The van der Waals surface area contributed by atoms with Crippen molar-refractivity contribution in [3.8, 4) is 5.75 Å². The van der Waals surface area contributed by atoms with E-state index in [1.807, 2.05) is 65.6 Å². The number of ether oxygens (including phenoxy) is 2. The monoisotopic (exact) mass is 465 g/mol. The van der Waals surface area contributed by atoms with Gasteiger partial charge in [0.2, 0.25) is 5.91 Å². The smallest absolute Gasteiger partial charge is 0.305 e. The van der Waals surface area contributed by atoms with Crippen LogP contribution in [0.1, 0.15) is 62.2 Å². The molecule has 1 amide bonds. The molecule has 34 heavy (non-hydrogen) atoms. The Hall–Kier alpha value is -3.12. The van der Waals surface area contributed by atoms with E-state index in [1.165, 1.54) is 7.11 Å². The molecule has 2 aromatic rings. The van der Waals surface area contributed by atoms with Crippen LogP contribution in [-0.4, -0.2) is 41.6 Å². The highest BCUT2D eigenvalue weighted by atomic mass is 16.5. The van der Waals surface area contributed by atoms with Gasteiger partial charge in [-0.1, -0.05) is 61.4 Å². The number of carbonyl (C=O) groups is 2. The summed E-state index contributed by atoms with van der Waals surface area (Å²) in [6.07, 6.45) is 8.39. The number of likely N-dealkylation sites (tertiary alicyclic amines) is 1. The minimum Gasteiger partial charge on any atom is -0.489 e. The highest BCUT2D eigenvalue weighted by Crippen LogP contribution is 2.23. The lowest BCUT2D eigenvalue weighted by molar-refractivity contribution is -0.140. The largest absolute Gasteiger partial charge is 0.489 e. The predicted molar refractivity (Wildman–Crippen MR) is 131 cm³/mol. The van der Waals surface area contributed by atoms with E-state index < -0.39 is 6.10 Å². The minimum atomic E-state index is -0.743. The zero-order valence-electron chi connectivity index (χ0n) is 19.9. The number of aliphatic hydroxyl groups excluding tert-OH is 1. The number of rotatable bonds is 13. The summed E-state index contributed by atoms with van der Waals surface area (Å²) >= 11 is 0.